The van der Waals surface area contributed by atoms with Crippen molar-refractivity contribution in [2.75, 3.05) is 0 Å². The monoisotopic (exact) mass is 349 g/mol. The average molecular weight is 350 g/mol. The Bertz CT molecular complexity index is 743. The van der Waals surface area contributed by atoms with Crippen molar-refractivity contribution in [3.8, 4) is 0 Å². The number of halogens is 1. The van der Waals surface area contributed by atoms with Crippen LogP contribution < -0.4 is 5.32 Å². The maximum absolute atomic E-state index is 12.2. The lowest BCUT2D eigenvalue weighted by molar-refractivity contribution is -0.129. The van der Waals surface area contributed by atoms with Crippen molar-refractivity contribution in [2.45, 2.75) is 32.9 Å². The topological polar surface area (TPSA) is 73.2 Å². The van der Waals surface area contributed by atoms with Gasteiger partial charge in [-0.05, 0) is 26.3 Å². The van der Waals surface area contributed by atoms with E-state index in [0.29, 0.717) is 5.69 Å². The van der Waals surface area contributed by atoms with Crippen LogP contribution in [0.1, 0.15) is 41.5 Å². The first-order valence-corrected chi connectivity index (χ1v) is 7.94. The first-order valence-electron chi connectivity index (χ1n) is 7.56. The number of carbonyl (C=O) groups excluding carboxylic acids is 2. The number of aromatic nitrogens is 2. The van der Waals surface area contributed by atoms with Gasteiger partial charge in [-0.3, -0.25) is 9.48 Å². The number of amides is 1. The minimum atomic E-state index is -0.945. The molecule has 1 heterocycles. The van der Waals surface area contributed by atoms with E-state index in [2.05, 4.69) is 10.4 Å². The molecule has 1 N–H and O–H groups in total. The van der Waals surface area contributed by atoms with Crippen LogP contribution in [0.5, 0.6) is 0 Å². The van der Waals surface area contributed by atoms with Crippen molar-refractivity contribution in [1.29, 1.82) is 0 Å². The molecule has 1 aromatic heterocycles. The highest BCUT2D eigenvalue weighted by Crippen LogP contribution is 2.20. The third-order valence-electron chi connectivity index (χ3n) is 3.67. The fourth-order valence-corrected chi connectivity index (χ4v) is 2.54. The summed E-state index contributed by atoms with van der Waals surface area (Å²) in [5.41, 5.74) is 1.60. The van der Waals surface area contributed by atoms with Gasteiger partial charge in [0.2, 0.25) is 0 Å². The molecule has 0 saturated heterocycles. The van der Waals surface area contributed by atoms with E-state index in [1.54, 1.807) is 14.0 Å². The summed E-state index contributed by atoms with van der Waals surface area (Å²) < 4.78 is 6.61. The molecule has 0 aliphatic carbocycles. The zero-order valence-electron chi connectivity index (χ0n) is 14.0. The van der Waals surface area contributed by atoms with Gasteiger partial charge in [0.1, 0.15) is 10.7 Å². The van der Waals surface area contributed by atoms with Crippen LogP contribution in [0.2, 0.25) is 5.15 Å². The van der Waals surface area contributed by atoms with Crippen molar-refractivity contribution in [3.63, 3.8) is 0 Å². The molecule has 2 unspecified atom stereocenters. The number of esters is 1. The number of rotatable bonds is 5. The molecule has 0 bridgehead atoms. The number of nitrogens with one attached hydrogen (secondary N) is 1. The van der Waals surface area contributed by atoms with Gasteiger partial charge < -0.3 is 10.1 Å². The van der Waals surface area contributed by atoms with Crippen molar-refractivity contribution in [3.05, 3.63) is 52.3 Å². The first kappa shape index (κ1) is 18.0. The van der Waals surface area contributed by atoms with Crippen LogP contribution in [-0.2, 0) is 16.6 Å². The first-order chi connectivity index (χ1) is 11.3. The highest BCUT2D eigenvalue weighted by atomic mass is 35.5. The average Bonchev–Trinajstić information content (AvgIpc) is 2.80. The molecule has 2 atom stereocenters. The smallest absolute Gasteiger partial charge is 0.343 e. The summed E-state index contributed by atoms with van der Waals surface area (Å²) in [6.45, 7) is 5.04. The van der Waals surface area contributed by atoms with E-state index in [4.69, 9.17) is 16.3 Å². The number of hydrogen-bond donors (Lipinski definition) is 1. The van der Waals surface area contributed by atoms with Gasteiger partial charge in [0, 0.05) is 7.05 Å². The number of carbonyl (C=O) groups is 2. The maximum Gasteiger partial charge on any atom is 0.343 e. The Hall–Kier alpha value is -2.34. The Morgan fingerprint density at radius 2 is 1.88 bits per heavy atom. The molecular weight excluding hydrogens is 330 g/mol. The molecular formula is C17H20ClN3O3. The zero-order chi connectivity index (χ0) is 17.9. The Morgan fingerprint density at radius 1 is 1.25 bits per heavy atom. The number of ether oxygens (including phenoxy) is 1. The number of aryl methyl sites for hydroxylation is 2. The van der Waals surface area contributed by atoms with Crippen LogP contribution in [0.4, 0.5) is 0 Å². The van der Waals surface area contributed by atoms with Crippen LogP contribution in [-0.4, -0.2) is 27.8 Å². The summed E-state index contributed by atoms with van der Waals surface area (Å²) in [7, 11) is 1.63. The third kappa shape index (κ3) is 3.94. The summed E-state index contributed by atoms with van der Waals surface area (Å²) in [5.74, 6) is -1.04. The SMILES string of the molecule is Cc1nn(C)c(Cl)c1C(=O)OC(C)C(=O)NC(C)c1ccccc1. The van der Waals surface area contributed by atoms with Crippen molar-refractivity contribution < 1.29 is 14.3 Å². The Kier molecular flexibility index (Phi) is 5.62. The van der Waals surface area contributed by atoms with Crippen LogP contribution in [0.15, 0.2) is 30.3 Å². The molecule has 7 heteroatoms. The van der Waals surface area contributed by atoms with Gasteiger partial charge in [-0.1, -0.05) is 41.9 Å². The van der Waals surface area contributed by atoms with Crippen molar-refractivity contribution >= 4 is 23.5 Å². The highest BCUT2D eigenvalue weighted by molar-refractivity contribution is 6.32. The summed E-state index contributed by atoms with van der Waals surface area (Å²) in [5, 5.41) is 7.06. The molecule has 2 rings (SSSR count). The Balaban J connectivity index is 2.00. The Labute approximate surface area is 145 Å². The molecule has 1 aromatic carbocycles. The van der Waals surface area contributed by atoms with Crippen LogP contribution in [0, 0.1) is 6.92 Å². The second-order valence-corrected chi connectivity index (χ2v) is 5.92. The van der Waals surface area contributed by atoms with Crippen molar-refractivity contribution in [1.82, 2.24) is 15.1 Å². The quantitative estimate of drug-likeness (QED) is 0.842. The predicted molar refractivity (Wildman–Crippen MR) is 90.8 cm³/mol. The molecule has 0 fully saturated rings. The van der Waals surface area contributed by atoms with E-state index >= 15 is 0 Å². The van der Waals surface area contributed by atoms with Crippen LogP contribution in [0.25, 0.3) is 0 Å². The third-order valence-corrected chi connectivity index (χ3v) is 4.10. The second kappa shape index (κ2) is 7.49. The van der Waals surface area contributed by atoms with Crippen LogP contribution in [0.3, 0.4) is 0 Å². The minimum absolute atomic E-state index is 0.176. The van der Waals surface area contributed by atoms with E-state index < -0.39 is 12.1 Å². The predicted octanol–water partition coefficient (Wildman–Crippen LogP) is 2.80. The molecule has 0 saturated carbocycles. The largest absolute Gasteiger partial charge is 0.449 e. The molecule has 0 aliphatic heterocycles. The van der Waals surface area contributed by atoms with Crippen LogP contribution >= 0.6 is 11.6 Å². The lowest BCUT2D eigenvalue weighted by atomic mass is 10.1. The van der Waals surface area contributed by atoms with E-state index in [-0.39, 0.29) is 22.7 Å². The lowest BCUT2D eigenvalue weighted by Gasteiger charge is -2.18. The lowest BCUT2D eigenvalue weighted by Crippen LogP contribution is -2.37. The van der Waals surface area contributed by atoms with Gasteiger partial charge in [0.05, 0.1) is 11.7 Å². The van der Waals surface area contributed by atoms with E-state index in [1.165, 1.54) is 11.6 Å². The molecule has 1 amide bonds. The maximum atomic E-state index is 12.2. The van der Waals surface area contributed by atoms with E-state index in [9.17, 15) is 9.59 Å². The van der Waals surface area contributed by atoms with Gasteiger partial charge in [0.15, 0.2) is 6.10 Å². The van der Waals surface area contributed by atoms with Crippen molar-refractivity contribution in [2.24, 2.45) is 7.05 Å². The number of benzene rings is 1. The molecule has 0 spiro atoms. The van der Waals surface area contributed by atoms with Gasteiger partial charge in [0.25, 0.3) is 5.91 Å². The molecule has 2 aromatic rings. The standard InChI is InChI=1S/C17H20ClN3O3/c1-10(13-8-6-5-7-9-13)19-16(22)12(3)24-17(23)14-11(2)20-21(4)15(14)18/h5-10,12H,1-4H3,(H,19,22). The summed E-state index contributed by atoms with van der Waals surface area (Å²) in [4.78, 5) is 24.5. The minimum Gasteiger partial charge on any atom is -0.449 e. The fourth-order valence-electron chi connectivity index (χ4n) is 2.29. The molecule has 24 heavy (non-hydrogen) atoms. The number of nitrogens with zero attached hydrogens (tertiary/aromatic N) is 2. The van der Waals surface area contributed by atoms with Gasteiger partial charge >= 0.3 is 5.97 Å². The van der Waals surface area contributed by atoms with Gasteiger partial charge in [-0.2, -0.15) is 5.10 Å². The fraction of sp³-hybridized carbons (Fsp3) is 0.353. The molecule has 0 aliphatic rings. The molecule has 6 nitrogen and oxygen atoms in total. The summed E-state index contributed by atoms with van der Waals surface area (Å²) >= 11 is 6.04. The zero-order valence-corrected chi connectivity index (χ0v) is 14.8. The van der Waals surface area contributed by atoms with E-state index in [0.717, 1.165) is 5.56 Å². The van der Waals surface area contributed by atoms with Gasteiger partial charge in [-0.15, -0.1) is 0 Å². The molecule has 128 valence electrons. The Morgan fingerprint density at radius 3 is 2.42 bits per heavy atom. The summed E-state index contributed by atoms with van der Waals surface area (Å²) in [6.07, 6.45) is -0.945. The normalized spacial score (nSPS) is 13.2. The highest BCUT2D eigenvalue weighted by Gasteiger charge is 2.25. The summed E-state index contributed by atoms with van der Waals surface area (Å²) in [6, 6.07) is 9.34. The molecule has 0 radical (unpaired) electrons. The number of hydrogen-bond acceptors (Lipinski definition) is 4. The second-order valence-electron chi connectivity index (χ2n) is 5.56. The van der Waals surface area contributed by atoms with E-state index in [1.807, 2.05) is 37.3 Å². The van der Waals surface area contributed by atoms with Gasteiger partial charge in [-0.25, -0.2) is 4.79 Å².